The van der Waals surface area contributed by atoms with E-state index in [1.54, 1.807) is 16.8 Å². The summed E-state index contributed by atoms with van der Waals surface area (Å²) >= 11 is 0. The average molecular weight is 614 g/mol. The van der Waals surface area contributed by atoms with Crippen molar-refractivity contribution in [1.82, 2.24) is 23.5 Å². The lowest BCUT2D eigenvalue weighted by atomic mass is 10.2. The molecule has 0 bridgehead atoms. The van der Waals surface area contributed by atoms with Crippen LogP contribution >= 0.6 is 0 Å². The third kappa shape index (κ3) is 3.78. The summed E-state index contributed by atoms with van der Waals surface area (Å²) in [6.07, 6.45) is 4.80. The molecule has 5 heterocycles. The van der Waals surface area contributed by atoms with Gasteiger partial charge in [-0.25, -0.2) is 9.97 Å². The highest BCUT2D eigenvalue weighted by Gasteiger charge is 2.21. The fourth-order valence-corrected chi connectivity index (χ4v) is 6.69. The summed E-state index contributed by atoms with van der Waals surface area (Å²) < 4.78 is 43.8. The van der Waals surface area contributed by atoms with E-state index in [2.05, 4.69) is 40.4 Å². The van der Waals surface area contributed by atoms with Gasteiger partial charge in [-0.2, -0.15) is 0 Å². The Kier molecular flexibility index (Phi) is 4.67. The number of nitrogens with zero attached hydrogens (tertiary/aromatic N) is 6. The molecule has 0 N–H and O–H groups in total. The monoisotopic (exact) mass is 613 g/mol. The van der Waals surface area contributed by atoms with E-state index < -0.39 is 6.98 Å². The normalized spacial score (nSPS) is 13.3. The second kappa shape index (κ2) is 9.55. The van der Waals surface area contributed by atoms with Crippen molar-refractivity contribution in [3.05, 3.63) is 133 Å². The van der Waals surface area contributed by atoms with Gasteiger partial charge in [0.25, 0.3) is 0 Å². The quantitative estimate of drug-likeness (QED) is 0.148. The topological polar surface area (TPSA) is 66.3 Å². The number of furan rings is 1. The number of para-hydroxylation sites is 4. The molecule has 0 aliphatic carbocycles. The molecule has 224 valence electrons. The first-order valence-corrected chi connectivity index (χ1v) is 15.3. The van der Waals surface area contributed by atoms with Gasteiger partial charge in [0.2, 0.25) is 12.1 Å². The van der Waals surface area contributed by atoms with Crippen molar-refractivity contribution in [3.63, 3.8) is 0 Å². The minimum absolute atomic E-state index is 0.563. The van der Waals surface area contributed by atoms with E-state index in [-0.39, 0.29) is 0 Å². The van der Waals surface area contributed by atoms with Crippen LogP contribution in [0, 0.1) is 13.3 Å². The Hall–Kier alpha value is -6.41. The Balaban J connectivity index is 1.13. The number of pyridine rings is 1. The molecule has 5 aromatic carbocycles. The number of rotatable bonds is 4. The molecule has 5 aromatic heterocycles. The van der Waals surface area contributed by atoms with Gasteiger partial charge >= 0.3 is 0 Å². The van der Waals surface area contributed by atoms with Crippen LogP contribution < -0.4 is 9.30 Å². The molecule has 0 spiro atoms. The fourth-order valence-electron chi connectivity index (χ4n) is 6.69. The zero-order valence-corrected chi connectivity index (χ0v) is 25.0. The highest BCUT2D eigenvalue weighted by atomic mass is 16.5. The van der Waals surface area contributed by atoms with Gasteiger partial charge in [-0.15, -0.1) is 0 Å². The predicted molar refractivity (Wildman–Crippen MR) is 183 cm³/mol. The van der Waals surface area contributed by atoms with Crippen LogP contribution in [0.15, 0.2) is 126 Å². The van der Waals surface area contributed by atoms with Crippen molar-refractivity contribution in [2.75, 3.05) is 0 Å². The lowest BCUT2D eigenvalue weighted by molar-refractivity contribution is -0.649. The van der Waals surface area contributed by atoms with E-state index in [0.29, 0.717) is 28.4 Å². The number of hydrogen-bond acceptors (Lipinski definition) is 4. The van der Waals surface area contributed by atoms with Crippen LogP contribution in [0.4, 0.5) is 0 Å². The van der Waals surface area contributed by atoms with Gasteiger partial charge in [-0.05, 0) is 55.0 Å². The number of hydrogen-bond donors (Lipinski definition) is 0. The van der Waals surface area contributed by atoms with Gasteiger partial charge in [-0.3, -0.25) is 8.97 Å². The number of imidazole rings is 3. The predicted octanol–water partition coefficient (Wildman–Crippen LogP) is 8.40. The molecule has 0 aliphatic rings. The third-order valence-electron chi connectivity index (χ3n) is 8.85. The van der Waals surface area contributed by atoms with Gasteiger partial charge in [0.1, 0.15) is 22.9 Å². The number of aryl methyl sites for hydroxylation is 2. The Bertz CT molecular complexity index is 2990. The highest BCUT2D eigenvalue weighted by Crippen LogP contribution is 2.35. The van der Waals surface area contributed by atoms with E-state index in [1.807, 2.05) is 91.0 Å². The lowest BCUT2D eigenvalue weighted by Gasteiger charge is -2.10. The first-order chi connectivity index (χ1) is 24.3. The summed E-state index contributed by atoms with van der Waals surface area (Å²) in [6, 6.07) is 37.1. The van der Waals surface area contributed by atoms with E-state index in [9.17, 15) is 0 Å². The van der Waals surface area contributed by atoms with Crippen molar-refractivity contribution in [2.45, 2.75) is 6.92 Å². The molecule has 0 unspecified atom stereocenters. The van der Waals surface area contributed by atoms with Crippen LogP contribution in [-0.2, 0) is 6.98 Å². The summed E-state index contributed by atoms with van der Waals surface area (Å²) in [5.41, 5.74) is 8.37. The first kappa shape index (κ1) is 23.0. The molecular weight excluding hydrogens is 584 g/mol. The van der Waals surface area contributed by atoms with Gasteiger partial charge in [-0.1, -0.05) is 66.7 Å². The van der Waals surface area contributed by atoms with Crippen LogP contribution in [-0.4, -0.2) is 23.5 Å². The SMILES string of the molecule is [2H]C([2H])([2H])[n+]1[c-]n(-c2cccc(Oc3ccc4c(c3)n(-c3cc5c(cn3)oc3ccccc35)c3nc5c(C)cccc5n43)c2)c2ccccc21. The Morgan fingerprint density at radius 3 is 2.57 bits per heavy atom. The summed E-state index contributed by atoms with van der Waals surface area (Å²) in [4.78, 5) is 10.0. The molecule has 0 radical (unpaired) electrons. The smallest absolute Gasteiger partial charge is 0.244 e. The molecule has 0 aliphatic heterocycles. The molecule has 0 saturated heterocycles. The molecule has 10 rings (SSSR count). The molecule has 0 fully saturated rings. The molecular formula is C39H26N6O2. The van der Waals surface area contributed by atoms with Gasteiger partial charge in [0, 0.05) is 16.8 Å². The van der Waals surface area contributed by atoms with Crippen LogP contribution in [0.3, 0.4) is 0 Å². The van der Waals surface area contributed by atoms with Crippen molar-refractivity contribution < 1.29 is 17.8 Å². The molecule has 47 heavy (non-hydrogen) atoms. The van der Waals surface area contributed by atoms with Crippen molar-refractivity contribution in [1.29, 1.82) is 0 Å². The molecule has 8 heteroatoms. The highest BCUT2D eigenvalue weighted by molar-refractivity contribution is 6.05. The minimum atomic E-state index is -2.38. The summed E-state index contributed by atoms with van der Waals surface area (Å²) in [5.74, 6) is 2.64. The maximum absolute atomic E-state index is 8.03. The summed E-state index contributed by atoms with van der Waals surface area (Å²) in [6.45, 7) is -0.308. The van der Waals surface area contributed by atoms with Crippen LogP contribution in [0.1, 0.15) is 9.68 Å². The van der Waals surface area contributed by atoms with Crippen molar-refractivity contribution in [3.8, 4) is 23.0 Å². The number of aromatic nitrogens is 6. The first-order valence-electron chi connectivity index (χ1n) is 16.8. The number of ether oxygens (including phenoxy) is 1. The van der Waals surface area contributed by atoms with E-state index in [4.69, 9.17) is 23.2 Å². The zero-order chi connectivity index (χ0) is 33.7. The van der Waals surface area contributed by atoms with Crippen LogP contribution in [0.5, 0.6) is 11.5 Å². The fraction of sp³-hybridized carbons (Fsp3) is 0.0513. The van der Waals surface area contributed by atoms with Crippen molar-refractivity contribution >= 4 is 60.8 Å². The maximum Gasteiger partial charge on any atom is 0.244 e. The number of benzene rings is 5. The molecule has 0 amide bonds. The van der Waals surface area contributed by atoms with Gasteiger partial charge in [0.05, 0.1) is 56.1 Å². The minimum Gasteiger partial charge on any atom is -0.458 e. The second-order valence-electron chi connectivity index (χ2n) is 11.7. The number of fused-ring (bicyclic) bond motifs is 9. The van der Waals surface area contributed by atoms with Gasteiger partial charge < -0.3 is 18.3 Å². The van der Waals surface area contributed by atoms with Crippen LogP contribution in [0.25, 0.3) is 72.3 Å². The van der Waals surface area contributed by atoms with E-state index in [1.165, 1.54) is 4.57 Å². The van der Waals surface area contributed by atoms with Crippen molar-refractivity contribution in [2.24, 2.45) is 6.98 Å². The largest absolute Gasteiger partial charge is 0.458 e. The van der Waals surface area contributed by atoms with E-state index in [0.717, 1.165) is 61.0 Å². The standard InChI is InChI=1S/C39H26N6O2/c1-24-9-7-15-33-38(24)41-39-44(33)32-18-17-27(46-26-11-8-10-25(19-26)43-23-42(2)30-13-4-5-14-31(30)43)20-34(32)45(39)37-21-29-28-12-3-6-16-35(28)47-36(29)22-40-37/h3-22H,1-2H3/i2D3. The molecule has 0 atom stereocenters. The Morgan fingerprint density at radius 2 is 1.62 bits per heavy atom. The molecule has 8 nitrogen and oxygen atoms in total. The van der Waals surface area contributed by atoms with Crippen LogP contribution in [0.2, 0.25) is 0 Å². The zero-order valence-electron chi connectivity index (χ0n) is 28.0. The van der Waals surface area contributed by atoms with E-state index >= 15 is 0 Å². The molecule has 10 aromatic rings. The summed E-state index contributed by atoms with van der Waals surface area (Å²) in [5, 5.41) is 1.99. The van der Waals surface area contributed by atoms with Gasteiger partial charge in [0.15, 0.2) is 5.58 Å². The second-order valence-corrected chi connectivity index (χ2v) is 11.7. The average Bonchev–Trinajstić information content (AvgIpc) is 3.87. The maximum atomic E-state index is 8.03. The Labute approximate surface area is 272 Å². The summed E-state index contributed by atoms with van der Waals surface area (Å²) in [7, 11) is 0. The third-order valence-corrected chi connectivity index (χ3v) is 8.85. The molecule has 0 saturated carbocycles. The lowest BCUT2D eigenvalue weighted by Crippen LogP contribution is -2.26. The Morgan fingerprint density at radius 1 is 0.766 bits per heavy atom.